The summed E-state index contributed by atoms with van der Waals surface area (Å²) >= 11 is 0. The third-order valence-corrected chi connectivity index (χ3v) is 11.4. The second kappa shape index (κ2) is 20.8. The second-order valence-corrected chi connectivity index (χ2v) is 15.9. The summed E-state index contributed by atoms with van der Waals surface area (Å²) in [6.07, 6.45) is -24.5. The first-order valence-corrected chi connectivity index (χ1v) is 20.8. The first-order valence-electron chi connectivity index (χ1n) is 20.8. The number of aliphatic hydroxyl groups excluding tert-OH is 9. The Morgan fingerprint density at radius 1 is 0.676 bits per heavy atom. The van der Waals surface area contributed by atoms with E-state index in [4.69, 9.17) is 47.0 Å². The number of phenols is 3. The van der Waals surface area contributed by atoms with Crippen molar-refractivity contribution in [1.82, 2.24) is 0 Å². The van der Waals surface area contributed by atoms with Gasteiger partial charge in [0, 0.05) is 23.8 Å². The van der Waals surface area contributed by atoms with Crippen LogP contribution in [0.25, 0.3) is 28.4 Å². The third kappa shape index (κ3) is 10.1. The van der Waals surface area contributed by atoms with Crippen LogP contribution in [0.4, 0.5) is 0 Å². The molecule has 3 fully saturated rings. The molecule has 3 saturated heterocycles. The zero-order valence-corrected chi connectivity index (χ0v) is 36.1. The number of aromatic hydroxyl groups is 3. The van der Waals surface area contributed by atoms with Gasteiger partial charge in [0.15, 0.2) is 41.2 Å². The number of hydrogen-bond acceptors (Lipinski definition) is 24. The Morgan fingerprint density at radius 2 is 1.31 bits per heavy atom. The molecule has 4 heterocycles. The lowest BCUT2D eigenvalue weighted by Crippen LogP contribution is -2.65. The molecule has 7 rings (SSSR count). The van der Waals surface area contributed by atoms with E-state index in [1.807, 2.05) is 0 Å². The lowest BCUT2D eigenvalue weighted by atomic mass is 9.97. The number of phenolic OH excluding ortho intramolecular Hbond substituents is 3. The second-order valence-electron chi connectivity index (χ2n) is 15.9. The quantitative estimate of drug-likeness (QED) is 0.0483. The van der Waals surface area contributed by atoms with Crippen molar-refractivity contribution < 1.29 is 113 Å². The molecule has 0 unspecified atom stereocenters. The number of esters is 1. The van der Waals surface area contributed by atoms with Gasteiger partial charge in [-0.1, -0.05) is 6.07 Å². The highest BCUT2D eigenvalue weighted by Gasteiger charge is 2.52. The highest BCUT2D eigenvalue weighted by molar-refractivity contribution is 5.89. The molecule has 1 aromatic heterocycles. The van der Waals surface area contributed by atoms with Crippen molar-refractivity contribution in [3.8, 4) is 51.6 Å². The molecule has 68 heavy (non-hydrogen) atoms. The molecule has 0 spiro atoms. The smallest absolute Gasteiger partial charge is 0.330 e. The molecule has 0 saturated carbocycles. The summed E-state index contributed by atoms with van der Waals surface area (Å²) < 4.78 is 56.3. The first-order chi connectivity index (χ1) is 32.3. The summed E-state index contributed by atoms with van der Waals surface area (Å²) in [7, 11) is 2.56. The molecule has 370 valence electrons. The topological polar surface area (TPSA) is 373 Å². The van der Waals surface area contributed by atoms with Gasteiger partial charge < -0.3 is 108 Å². The minimum absolute atomic E-state index is 0.0258. The largest absolute Gasteiger partial charge is 0.507 e. The minimum Gasteiger partial charge on any atom is -0.507 e. The van der Waals surface area contributed by atoms with Gasteiger partial charge in [0.25, 0.3) is 0 Å². The molecule has 24 heteroatoms. The summed E-state index contributed by atoms with van der Waals surface area (Å²) in [6, 6.07) is 9.97. The van der Waals surface area contributed by atoms with Crippen LogP contribution in [-0.4, -0.2) is 187 Å². The van der Waals surface area contributed by atoms with Gasteiger partial charge in [-0.2, -0.15) is 0 Å². The zero-order valence-electron chi connectivity index (χ0n) is 36.1. The number of hydrogen-bond donors (Lipinski definition) is 12. The maximum absolute atomic E-state index is 14.5. The van der Waals surface area contributed by atoms with Crippen LogP contribution >= 0.6 is 0 Å². The van der Waals surface area contributed by atoms with Gasteiger partial charge >= 0.3 is 5.97 Å². The SMILES string of the molecule is COc1cc(C=CC(=O)OC[C@H]2O[C@@H](O[C@H]3[C@H](Oc4c(-c5ccc(O)c(OC)c5)oc5cc(O[C@@H]6O[C@@H](C)[C@H](O)[C@@H](O)[C@H]6O)cc(O)c5c4=O)O[C@H](CO)[C@@H](O)[C@@H]3O)[C@H](O)[C@@H](O)[C@@H]2O)ccc1O. The molecule has 24 nitrogen and oxygen atoms in total. The number of carbonyl (C=O) groups is 1. The molecule has 4 aromatic rings. The van der Waals surface area contributed by atoms with Crippen LogP contribution in [0.5, 0.6) is 40.2 Å². The standard InChI is InChI=1S/C44H50O24/c1-16-30(50)34(54)37(57)42(62-16)63-19-12-22(48)29-25(13-19)64-39(18-6-8-21(47)24(11-18)60-3)40(33(29)53)67-44-41(36(56)31(51)26(14-45)65-44)68-43-38(58)35(55)32(52)27(66-43)15-61-28(49)9-5-17-4-7-20(46)23(10-17)59-2/h4-13,16,26-27,30-32,34-38,41-48,50-52,54-58H,14-15H2,1-3H3/t16-,26+,27+,30-,31+,32+,34+,35-,36-,37+,38+,41+,42-,43-,44-/m0/s1. The number of benzene rings is 3. The summed E-state index contributed by atoms with van der Waals surface area (Å²) in [6.45, 7) is -0.264. The normalized spacial score (nSPS) is 31.9. The molecule has 3 aliphatic heterocycles. The Bertz CT molecular complexity index is 2510. The van der Waals surface area contributed by atoms with E-state index in [0.717, 1.165) is 18.2 Å². The van der Waals surface area contributed by atoms with Gasteiger partial charge in [0.05, 0.1) is 26.9 Å². The number of aliphatic hydroxyl groups is 9. The molecular formula is C44H50O24. The highest BCUT2D eigenvalue weighted by Crippen LogP contribution is 2.41. The maximum Gasteiger partial charge on any atom is 0.330 e. The van der Waals surface area contributed by atoms with E-state index in [-0.39, 0.29) is 39.9 Å². The Kier molecular flexibility index (Phi) is 15.3. The van der Waals surface area contributed by atoms with E-state index >= 15 is 0 Å². The fourth-order valence-corrected chi connectivity index (χ4v) is 7.59. The van der Waals surface area contributed by atoms with Crippen molar-refractivity contribution in [1.29, 1.82) is 0 Å². The zero-order chi connectivity index (χ0) is 49.3. The summed E-state index contributed by atoms with van der Waals surface area (Å²) in [5, 5.41) is 127. The van der Waals surface area contributed by atoms with Crippen LogP contribution in [0.15, 0.2) is 63.8 Å². The van der Waals surface area contributed by atoms with E-state index in [0.29, 0.717) is 5.56 Å². The first kappa shape index (κ1) is 50.0. The predicted molar refractivity (Wildman–Crippen MR) is 225 cm³/mol. The molecule has 15 atom stereocenters. The van der Waals surface area contributed by atoms with Crippen LogP contribution < -0.4 is 24.4 Å². The fourth-order valence-electron chi connectivity index (χ4n) is 7.59. The fraction of sp³-hybridized carbons (Fsp3) is 0.455. The monoisotopic (exact) mass is 962 g/mol. The van der Waals surface area contributed by atoms with Crippen LogP contribution in [0, 0.1) is 0 Å². The van der Waals surface area contributed by atoms with Crippen molar-refractivity contribution in [3.05, 3.63) is 70.4 Å². The van der Waals surface area contributed by atoms with Crippen LogP contribution in [0.3, 0.4) is 0 Å². The predicted octanol–water partition coefficient (Wildman–Crippen LogP) is -1.93. The summed E-state index contributed by atoms with van der Waals surface area (Å²) in [5.74, 6) is -3.72. The summed E-state index contributed by atoms with van der Waals surface area (Å²) in [5.41, 5.74) is -1.10. The molecule has 3 aromatic carbocycles. The molecule has 0 radical (unpaired) electrons. The average molecular weight is 963 g/mol. The van der Waals surface area contributed by atoms with Gasteiger partial charge in [-0.3, -0.25) is 4.79 Å². The lowest BCUT2D eigenvalue weighted by Gasteiger charge is -2.45. The number of rotatable bonds is 14. The average Bonchev–Trinajstić information content (AvgIpc) is 3.32. The van der Waals surface area contributed by atoms with Crippen LogP contribution in [0.1, 0.15) is 12.5 Å². The Labute approximate surface area is 384 Å². The van der Waals surface area contributed by atoms with E-state index in [2.05, 4.69) is 0 Å². The van der Waals surface area contributed by atoms with Gasteiger partial charge in [-0.15, -0.1) is 0 Å². The van der Waals surface area contributed by atoms with Crippen molar-refractivity contribution in [3.63, 3.8) is 0 Å². The van der Waals surface area contributed by atoms with Gasteiger partial charge in [-0.05, 0) is 48.9 Å². The summed E-state index contributed by atoms with van der Waals surface area (Å²) in [4.78, 5) is 27.2. The Balaban J connectivity index is 1.20. The lowest BCUT2D eigenvalue weighted by molar-refractivity contribution is -0.358. The number of methoxy groups -OCH3 is 2. The van der Waals surface area contributed by atoms with E-state index < -0.39 is 139 Å². The molecule has 3 aliphatic rings. The third-order valence-electron chi connectivity index (χ3n) is 11.4. The molecule has 0 bridgehead atoms. The molecule has 12 N–H and O–H groups in total. The van der Waals surface area contributed by atoms with Crippen molar-refractivity contribution in [2.75, 3.05) is 27.4 Å². The number of carbonyl (C=O) groups excluding carboxylic acids is 1. The van der Waals surface area contributed by atoms with Crippen molar-refractivity contribution >= 4 is 23.0 Å². The van der Waals surface area contributed by atoms with E-state index in [9.17, 15) is 70.9 Å². The van der Waals surface area contributed by atoms with Gasteiger partial charge in [0.2, 0.25) is 23.8 Å². The van der Waals surface area contributed by atoms with E-state index in [1.54, 1.807) is 0 Å². The van der Waals surface area contributed by atoms with Crippen LogP contribution in [0.2, 0.25) is 0 Å². The van der Waals surface area contributed by atoms with Gasteiger partial charge in [0.1, 0.15) is 90.1 Å². The maximum atomic E-state index is 14.5. The molecule has 0 aliphatic carbocycles. The molecular weight excluding hydrogens is 912 g/mol. The molecule has 0 amide bonds. The number of fused-ring (bicyclic) bond motifs is 1. The van der Waals surface area contributed by atoms with Crippen molar-refractivity contribution in [2.24, 2.45) is 0 Å². The van der Waals surface area contributed by atoms with Crippen LogP contribution in [-0.2, 0) is 28.5 Å². The van der Waals surface area contributed by atoms with Crippen molar-refractivity contribution in [2.45, 2.75) is 99.0 Å². The Hall–Kier alpha value is -5.84. The van der Waals surface area contributed by atoms with Gasteiger partial charge in [-0.25, -0.2) is 4.79 Å². The Morgan fingerprint density at radius 3 is 2.00 bits per heavy atom. The number of ether oxygens (including phenoxy) is 9. The minimum atomic E-state index is -2.10. The van der Waals surface area contributed by atoms with E-state index in [1.165, 1.54) is 63.6 Å². The highest BCUT2D eigenvalue weighted by atomic mass is 16.8.